The van der Waals surface area contributed by atoms with Gasteiger partial charge in [-0.05, 0) is 38.1 Å². The van der Waals surface area contributed by atoms with Crippen molar-refractivity contribution < 1.29 is 4.79 Å². The van der Waals surface area contributed by atoms with E-state index in [2.05, 4.69) is 34.4 Å². The topological polar surface area (TPSA) is 61.0 Å². The van der Waals surface area contributed by atoms with Crippen molar-refractivity contribution in [2.75, 3.05) is 20.1 Å². The summed E-state index contributed by atoms with van der Waals surface area (Å²) in [5.41, 5.74) is 1.59. The number of nitrogens with one attached hydrogen (secondary N) is 2. The zero-order valence-electron chi connectivity index (χ0n) is 11.9. The van der Waals surface area contributed by atoms with Crippen molar-refractivity contribution in [1.29, 1.82) is 0 Å². The number of H-pyrrole nitrogens is 1. The highest BCUT2D eigenvalue weighted by Crippen LogP contribution is 2.17. The van der Waals surface area contributed by atoms with Crippen LogP contribution in [0.2, 0.25) is 0 Å². The lowest BCUT2D eigenvalue weighted by Crippen LogP contribution is -2.48. The van der Waals surface area contributed by atoms with Crippen LogP contribution >= 0.6 is 0 Å². The Bertz CT molecular complexity index is 621. The predicted molar refractivity (Wildman–Crippen MR) is 78.6 cm³/mol. The third-order valence-electron chi connectivity index (χ3n) is 4.13. The number of benzene rings is 1. The van der Waals surface area contributed by atoms with Crippen LogP contribution in [0.25, 0.3) is 10.9 Å². The van der Waals surface area contributed by atoms with Crippen LogP contribution in [0.15, 0.2) is 24.4 Å². The van der Waals surface area contributed by atoms with E-state index in [1.807, 2.05) is 18.2 Å². The molecule has 1 aromatic heterocycles. The first kappa shape index (κ1) is 13.1. The first-order valence-electron chi connectivity index (χ1n) is 7.06. The van der Waals surface area contributed by atoms with Gasteiger partial charge in [0.2, 0.25) is 0 Å². The van der Waals surface area contributed by atoms with Crippen LogP contribution in [0.5, 0.6) is 0 Å². The first-order chi connectivity index (χ1) is 9.63. The fourth-order valence-corrected chi connectivity index (χ4v) is 2.90. The molecule has 5 heteroatoms. The number of likely N-dealkylation sites (tertiary alicyclic amines) is 1. The van der Waals surface area contributed by atoms with E-state index in [1.54, 1.807) is 6.20 Å². The van der Waals surface area contributed by atoms with Gasteiger partial charge in [-0.1, -0.05) is 13.0 Å². The molecule has 3 rings (SSSR count). The summed E-state index contributed by atoms with van der Waals surface area (Å²) in [6.45, 7) is 4.26. The smallest absolute Gasteiger partial charge is 0.251 e. The van der Waals surface area contributed by atoms with Gasteiger partial charge in [0.25, 0.3) is 5.91 Å². The summed E-state index contributed by atoms with van der Waals surface area (Å²) in [6.07, 6.45) is 2.77. The van der Waals surface area contributed by atoms with E-state index in [0.29, 0.717) is 11.5 Å². The molecule has 20 heavy (non-hydrogen) atoms. The zero-order valence-corrected chi connectivity index (χ0v) is 11.9. The largest absolute Gasteiger partial charge is 0.349 e. The van der Waals surface area contributed by atoms with Crippen LogP contribution in [-0.2, 0) is 0 Å². The monoisotopic (exact) mass is 272 g/mol. The minimum absolute atomic E-state index is 0.00269. The zero-order chi connectivity index (χ0) is 14.1. The number of carbonyl (C=O) groups excluding carboxylic acids is 1. The highest BCUT2D eigenvalue weighted by molar-refractivity contribution is 5.97. The molecule has 2 N–H and O–H groups in total. The molecule has 5 nitrogen and oxygen atoms in total. The molecule has 0 bridgehead atoms. The Morgan fingerprint density at radius 3 is 3.15 bits per heavy atom. The summed E-state index contributed by atoms with van der Waals surface area (Å²) in [5, 5.41) is 11.1. The standard InChI is InChI=1S/C15H20N4O/c1-10-9-19(2)6-5-13(10)17-15(20)11-3-4-12-8-16-18-14(12)7-11/h3-4,7-8,10,13H,5-6,9H2,1-2H3,(H,16,18)(H,17,20). The summed E-state index contributed by atoms with van der Waals surface area (Å²) in [5.74, 6) is 0.483. The number of fused-ring (bicyclic) bond motifs is 1. The molecule has 2 heterocycles. The molecular formula is C15H20N4O. The van der Waals surface area contributed by atoms with E-state index in [1.165, 1.54) is 0 Å². The Kier molecular flexibility index (Phi) is 3.44. The van der Waals surface area contributed by atoms with Gasteiger partial charge in [0.1, 0.15) is 0 Å². The second-order valence-electron chi connectivity index (χ2n) is 5.78. The molecule has 1 aromatic carbocycles. The fourth-order valence-electron chi connectivity index (χ4n) is 2.90. The van der Waals surface area contributed by atoms with Gasteiger partial charge in [0.15, 0.2) is 0 Å². The third kappa shape index (κ3) is 2.54. The molecule has 0 saturated carbocycles. The molecule has 2 unspecified atom stereocenters. The molecular weight excluding hydrogens is 252 g/mol. The number of carbonyl (C=O) groups is 1. The van der Waals surface area contributed by atoms with Gasteiger partial charge in [0, 0.05) is 23.5 Å². The van der Waals surface area contributed by atoms with Gasteiger partial charge in [-0.3, -0.25) is 9.89 Å². The Morgan fingerprint density at radius 2 is 2.35 bits per heavy atom. The SMILES string of the molecule is CC1CN(C)CCC1NC(=O)c1ccc2cn[nH]c2c1. The third-order valence-corrected chi connectivity index (χ3v) is 4.13. The van der Waals surface area contributed by atoms with E-state index in [0.717, 1.165) is 30.4 Å². The van der Waals surface area contributed by atoms with Crippen LogP contribution in [0.4, 0.5) is 0 Å². The fraction of sp³-hybridized carbons (Fsp3) is 0.467. The highest BCUT2D eigenvalue weighted by Gasteiger charge is 2.25. The molecule has 0 radical (unpaired) electrons. The molecule has 106 valence electrons. The first-order valence-corrected chi connectivity index (χ1v) is 7.06. The molecule has 1 aliphatic heterocycles. The number of hydrogen-bond acceptors (Lipinski definition) is 3. The number of aromatic nitrogens is 2. The second-order valence-corrected chi connectivity index (χ2v) is 5.78. The predicted octanol–water partition coefficient (Wildman–Crippen LogP) is 1.63. The Hall–Kier alpha value is -1.88. The van der Waals surface area contributed by atoms with E-state index in [4.69, 9.17) is 0 Å². The number of amides is 1. The lowest BCUT2D eigenvalue weighted by Gasteiger charge is -2.35. The second kappa shape index (κ2) is 5.25. The maximum atomic E-state index is 12.3. The molecule has 2 atom stereocenters. The minimum Gasteiger partial charge on any atom is -0.349 e. The maximum Gasteiger partial charge on any atom is 0.251 e. The van der Waals surface area contributed by atoms with Crippen molar-refractivity contribution >= 4 is 16.8 Å². The van der Waals surface area contributed by atoms with Gasteiger partial charge in [-0.25, -0.2) is 0 Å². The van der Waals surface area contributed by atoms with Gasteiger partial charge < -0.3 is 10.2 Å². The maximum absolute atomic E-state index is 12.3. The van der Waals surface area contributed by atoms with Crippen molar-refractivity contribution in [1.82, 2.24) is 20.4 Å². The molecule has 0 aliphatic carbocycles. The van der Waals surface area contributed by atoms with E-state index >= 15 is 0 Å². The van der Waals surface area contributed by atoms with Crippen LogP contribution < -0.4 is 5.32 Å². The number of rotatable bonds is 2. The van der Waals surface area contributed by atoms with Gasteiger partial charge in [0.05, 0.1) is 11.7 Å². The lowest BCUT2D eigenvalue weighted by atomic mass is 9.94. The van der Waals surface area contributed by atoms with Crippen molar-refractivity contribution in [3.05, 3.63) is 30.0 Å². The number of piperidine rings is 1. The van der Waals surface area contributed by atoms with E-state index in [9.17, 15) is 4.79 Å². The lowest BCUT2D eigenvalue weighted by molar-refractivity contribution is 0.0884. The summed E-state index contributed by atoms with van der Waals surface area (Å²) in [7, 11) is 2.13. The number of hydrogen-bond donors (Lipinski definition) is 2. The molecule has 1 aliphatic rings. The Morgan fingerprint density at radius 1 is 1.50 bits per heavy atom. The normalized spacial score (nSPS) is 23.9. The van der Waals surface area contributed by atoms with Crippen LogP contribution in [0.1, 0.15) is 23.7 Å². The average molecular weight is 272 g/mol. The Balaban J connectivity index is 1.72. The van der Waals surface area contributed by atoms with Crippen LogP contribution in [-0.4, -0.2) is 47.2 Å². The summed E-state index contributed by atoms with van der Waals surface area (Å²) in [4.78, 5) is 14.7. The van der Waals surface area contributed by atoms with E-state index < -0.39 is 0 Å². The van der Waals surface area contributed by atoms with Gasteiger partial charge in [-0.2, -0.15) is 5.10 Å². The van der Waals surface area contributed by atoms with Crippen LogP contribution in [0.3, 0.4) is 0 Å². The van der Waals surface area contributed by atoms with Gasteiger partial charge >= 0.3 is 0 Å². The average Bonchev–Trinajstić information content (AvgIpc) is 2.89. The molecule has 2 aromatic rings. The molecule has 1 amide bonds. The molecule has 1 saturated heterocycles. The number of nitrogens with zero attached hydrogens (tertiary/aromatic N) is 2. The number of aromatic amines is 1. The summed E-state index contributed by atoms with van der Waals surface area (Å²) >= 11 is 0. The van der Waals surface area contributed by atoms with Gasteiger partial charge in [-0.15, -0.1) is 0 Å². The van der Waals surface area contributed by atoms with Crippen LogP contribution in [0, 0.1) is 5.92 Å². The van der Waals surface area contributed by atoms with E-state index in [-0.39, 0.29) is 11.9 Å². The molecule has 1 fully saturated rings. The Labute approximate surface area is 118 Å². The summed E-state index contributed by atoms with van der Waals surface area (Å²) < 4.78 is 0. The van der Waals surface area contributed by atoms with Crippen molar-refractivity contribution in [2.45, 2.75) is 19.4 Å². The van der Waals surface area contributed by atoms with Crippen molar-refractivity contribution in [3.63, 3.8) is 0 Å². The highest BCUT2D eigenvalue weighted by atomic mass is 16.1. The molecule has 0 spiro atoms. The summed E-state index contributed by atoms with van der Waals surface area (Å²) in [6, 6.07) is 5.90. The minimum atomic E-state index is 0.00269. The quantitative estimate of drug-likeness (QED) is 0.873. The van der Waals surface area contributed by atoms with Crippen molar-refractivity contribution in [2.24, 2.45) is 5.92 Å². The van der Waals surface area contributed by atoms with Crippen molar-refractivity contribution in [3.8, 4) is 0 Å².